The van der Waals surface area contributed by atoms with Crippen LogP contribution in [0.15, 0.2) is 28.7 Å². The van der Waals surface area contributed by atoms with Crippen molar-refractivity contribution in [1.82, 2.24) is 4.90 Å². The van der Waals surface area contributed by atoms with Crippen LogP contribution in [0.4, 0.5) is 0 Å². The molecule has 1 fully saturated rings. The van der Waals surface area contributed by atoms with E-state index in [0.29, 0.717) is 18.8 Å². The molecule has 0 aliphatic carbocycles. The van der Waals surface area contributed by atoms with E-state index >= 15 is 0 Å². The van der Waals surface area contributed by atoms with Gasteiger partial charge in [-0.25, -0.2) is 0 Å². The van der Waals surface area contributed by atoms with Crippen molar-refractivity contribution in [2.24, 2.45) is 11.8 Å². The van der Waals surface area contributed by atoms with Crippen molar-refractivity contribution in [3.63, 3.8) is 0 Å². The molecule has 0 spiro atoms. The summed E-state index contributed by atoms with van der Waals surface area (Å²) in [6.07, 6.45) is 0.250. The summed E-state index contributed by atoms with van der Waals surface area (Å²) < 4.78 is 6.40. The molecule has 1 amide bonds. The summed E-state index contributed by atoms with van der Waals surface area (Å²) in [6, 6.07) is 7.45. The van der Waals surface area contributed by atoms with Crippen molar-refractivity contribution in [2.75, 3.05) is 19.7 Å². The van der Waals surface area contributed by atoms with Gasteiger partial charge in [-0.05, 0) is 34.0 Å². The Morgan fingerprint density at radius 3 is 2.71 bits per heavy atom. The van der Waals surface area contributed by atoms with E-state index in [-0.39, 0.29) is 24.9 Å². The molecule has 2 rings (SSSR count). The van der Waals surface area contributed by atoms with Gasteiger partial charge in [0.1, 0.15) is 5.75 Å². The second-order valence-corrected chi connectivity index (χ2v) is 6.10. The lowest BCUT2D eigenvalue weighted by Gasteiger charge is -2.16. The highest BCUT2D eigenvalue weighted by molar-refractivity contribution is 9.10. The van der Waals surface area contributed by atoms with E-state index in [9.17, 15) is 9.59 Å². The lowest BCUT2D eigenvalue weighted by molar-refractivity contribution is -0.142. The number of likely N-dealkylation sites (tertiary alicyclic amines) is 1. The number of nitrogens with zero attached hydrogens (tertiary/aromatic N) is 1. The number of hydrogen-bond acceptors (Lipinski definition) is 3. The maximum absolute atomic E-state index is 12.1. The summed E-state index contributed by atoms with van der Waals surface area (Å²) in [5, 5.41) is 9.07. The minimum Gasteiger partial charge on any atom is -0.492 e. The first-order chi connectivity index (χ1) is 9.99. The number of halogens is 1. The zero-order valence-electron chi connectivity index (χ0n) is 11.8. The second-order valence-electron chi connectivity index (χ2n) is 5.25. The molecule has 5 nitrogen and oxygen atoms in total. The summed E-state index contributed by atoms with van der Waals surface area (Å²) in [4.78, 5) is 24.7. The Morgan fingerprint density at radius 2 is 2.10 bits per heavy atom. The van der Waals surface area contributed by atoms with Crippen molar-refractivity contribution >= 4 is 27.8 Å². The van der Waals surface area contributed by atoms with Crippen molar-refractivity contribution in [3.8, 4) is 5.75 Å². The number of carbonyl (C=O) groups excluding carboxylic acids is 1. The topological polar surface area (TPSA) is 66.8 Å². The van der Waals surface area contributed by atoms with Crippen LogP contribution in [0.3, 0.4) is 0 Å². The molecule has 1 aliphatic heterocycles. The van der Waals surface area contributed by atoms with Crippen molar-refractivity contribution < 1.29 is 19.4 Å². The molecule has 1 heterocycles. The van der Waals surface area contributed by atoms with Gasteiger partial charge in [0.25, 0.3) is 0 Å². The van der Waals surface area contributed by atoms with Gasteiger partial charge in [0.2, 0.25) is 5.91 Å². The molecule has 1 aromatic rings. The van der Waals surface area contributed by atoms with Gasteiger partial charge in [-0.1, -0.05) is 19.1 Å². The molecule has 114 valence electrons. The Hall–Kier alpha value is -1.56. The van der Waals surface area contributed by atoms with E-state index in [1.807, 2.05) is 31.2 Å². The minimum atomic E-state index is -0.831. The first-order valence-corrected chi connectivity index (χ1v) is 7.66. The summed E-state index contributed by atoms with van der Waals surface area (Å²) in [5.41, 5.74) is 0. The third-order valence-corrected chi connectivity index (χ3v) is 4.35. The lowest BCUT2D eigenvalue weighted by atomic mass is 9.99. The number of carboxylic acids is 1. The number of benzene rings is 1. The summed E-state index contributed by atoms with van der Waals surface area (Å²) in [5.74, 6) is -0.655. The van der Waals surface area contributed by atoms with Crippen LogP contribution in [-0.4, -0.2) is 41.6 Å². The highest BCUT2D eigenvalue weighted by Gasteiger charge is 2.36. The van der Waals surface area contributed by atoms with E-state index < -0.39 is 11.9 Å². The van der Waals surface area contributed by atoms with E-state index in [0.717, 1.165) is 4.47 Å². The van der Waals surface area contributed by atoms with E-state index in [2.05, 4.69) is 15.9 Å². The average molecular weight is 356 g/mol. The normalized spacial score (nSPS) is 21.3. The van der Waals surface area contributed by atoms with Crippen LogP contribution >= 0.6 is 15.9 Å². The molecule has 1 saturated heterocycles. The predicted octanol–water partition coefficient (Wildman–Crippen LogP) is 2.40. The fraction of sp³-hybridized carbons (Fsp3) is 0.467. The van der Waals surface area contributed by atoms with Gasteiger partial charge in [-0.3, -0.25) is 9.59 Å². The Balaban J connectivity index is 1.81. The standard InChI is InChI=1S/C15H18BrNO4/c1-10-8-17(9-11(10)15(19)20)14(18)6-7-21-13-5-3-2-4-12(13)16/h2-5,10-11H,6-9H2,1H3,(H,19,20)/t10-,11-/m1/s1. The Kier molecular flexibility index (Phi) is 5.22. The van der Waals surface area contributed by atoms with E-state index in [1.165, 1.54) is 0 Å². The predicted molar refractivity (Wildman–Crippen MR) is 81.1 cm³/mol. The SMILES string of the molecule is C[C@@H]1CN(C(=O)CCOc2ccccc2Br)C[C@H]1C(=O)O. The van der Waals surface area contributed by atoms with Crippen molar-refractivity contribution in [2.45, 2.75) is 13.3 Å². The number of hydrogen-bond donors (Lipinski definition) is 1. The Morgan fingerprint density at radius 1 is 1.38 bits per heavy atom. The van der Waals surface area contributed by atoms with Gasteiger partial charge in [-0.2, -0.15) is 0 Å². The van der Waals surface area contributed by atoms with Gasteiger partial charge >= 0.3 is 5.97 Å². The van der Waals surface area contributed by atoms with Crippen LogP contribution in [0.25, 0.3) is 0 Å². The van der Waals surface area contributed by atoms with Crippen LogP contribution in [0.5, 0.6) is 5.75 Å². The molecule has 0 bridgehead atoms. The largest absolute Gasteiger partial charge is 0.492 e. The first kappa shape index (κ1) is 15.8. The monoisotopic (exact) mass is 355 g/mol. The Bertz CT molecular complexity index is 534. The van der Waals surface area contributed by atoms with Crippen LogP contribution in [0, 0.1) is 11.8 Å². The minimum absolute atomic E-state index is 0.00404. The van der Waals surface area contributed by atoms with E-state index in [4.69, 9.17) is 9.84 Å². The lowest BCUT2D eigenvalue weighted by Crippen LogP contribution is -2.30. The zero-order chi connectivity index (χ0) is 15.4. The number of aliphatic carboxylic acids is 1. The number of carbonyl (C=O) groups is 2. The summed E-state index contributed by atoms with van der Waals surface area (Å²) in [6.45, 7) is 2.95. The molecule has 0 unspecified atom stereocenters. The number of ether oxygens (including phenoxy) is 1. The first-order valence-electron chi connectivity index (χ1n) is 6.87. The molecule has 2 atom stereocenters. The molecule has 1 N–H and O–H groups in total. The Labute approximate surface area is 132 Å². The number of rotatable bonds is 5. The second kappa shape index (κ2) is 6.93. The fourth-order valence-electron chi connectivity index (χ4n) is 2.46. The van der Waals surface area contributed by atoms with Gasteiger partial charge in [0, 0.05) is 13.1 Å². The summed E-state index contributed by atoms with van der Waals surface area (Å²) >= 11 is 3.38. The quantitative estimate of drug-likeness (QED) is 0.880. The number of carboxylic acid groups (broad SMARTS) is 1. The molecule has 1 aromatic carbocycles. The molecular weight excluding hydrogens is 338 g/mol. The smallest absolute Gasteiger partial charge is 0.308 e. The average Bonchev–Trinajstić information content (AvgIpc) is 2.83. The third-order valence-electron chi connectivity index (χ3n) is 3.69. The maximum Gasteiger partial charge on any atom is 0.308 e. The molecular formula is C15H18BrNO4. The fourth-order valence-corrected chi connectivity index (χ4v) is 2.86. The molecule has 0 aromatic heterocycles. The molecule has 0 saturated carbocycles. The van der Waals surface area contributed by atoms with Crippen LogP contribution in [-0.2, 0) is 9.59 Å². The number of amides is 1. The zero-order valence-corrected chi connectivity index (χ0v) is 13.4. The van der Waals surface area contributed by atoms with Crippen molar-refractivity contribution in [1.29, 1.82) is 0 Å². The molecule has 0 radical (unpaired) electrons. The van der Waals surface area contributed by atoms with Gasteiger partial charge < -0.3 is 14.7 Å². The highest BCUT2D eigenvalue weighted by Crippen LogP contribution is 2.25. The molecule has 1 aliphatic rings. The van der Waals surface area contributed by atoms with Gasteiger partial charge in [-0.15, -0.1) is 0 Å². The van der Waals surface area contributed by atoms with Crippen LogP contribution in [0.1, 0.15) is 13.3 Å². The van der Waals surface area contributed by atoms with E-state index in [1.54, 1.807) is 4.90 Å². The number of para-hydroxylation sites is 1. The van der Waals surface area contributed by atoms with Crippen LogP contribution < -0.4 is 4.74 Å². The summed E-state index contributed by atoms with van der Waals surface area (Å²) in [7, 11) is 0. The third kappa shape index (κ3) is 3.97. The maximum atomic E-state index is 12.1. The van der Waals surface area contributed by atoms with Crippen LogP contribution in [0.2, 0.25) is 0 Å². The van der Waals surface area contributed by atoms with Crippen molar-refractivity contribution in [3.05, 3.63) is 28.7 Å². The van der Waals surface area contributed by atoms with Gasteiger partial charge in [0.05, 0.1) is 23.4 Å². The highest BCUT2D eigenvalue weighted by atomic mass is 79.9. The molecule has 21 heavy (non-hydrogen) atoms. The molecule has 6 heteroatoms. The van der Waals surface area contributed by atoms with Gasteiger partial charge in [0.15, 0.2) is 0 Å².